The molecule has 26 heavy (non-hydrogen) atoms. The number of nitrogens with zero attached hydrogens (tertiary/aromatic N) is 2. The molecule has 3 rings (SSSR count). The van der Waals surface area contributed by atoms with E-state index in [2.05, 4.69) is 0 Å². The Hall–Kier alpha value is -2.82. The van der Waals surface area contributed by atoms with E-state index in [-0.39, 0.29) is 5.91 Å². The molecule has 0 spiro atoms. The number of cyclic esters (lactones) is 1. The number of rotatable bonds is 5. The zero-order chi connectivity index (χ0) is 18.7. The third-order valence-corrected chi connectivity index (χ3v) is 4.69. The van der Waals surface area contributed by atoms with E-state index in [4.69, 9.17) is 4.74 Å². The molecule has 5 heteroatoms. The first-order valence-electron chi connectivity index (χ1n) is 8.83. The molecule has 0 bridgehead atoms. The molecule has 0 saturated carbocycles. The first-order valence-corrected chi connectivity index (χ1v) is 8.83. The number of esters is 1. The largest absolute Gasteiger partial charge is 0.448 e. The number of hydrogen-bond acceptors (Lipinski definition) is 4. The molecule has 1 aliphatic heterocycles. The van der Waals surface area contributed by atoms with Crippen LogP contribution < -0.4 is 4.90 Å². The van der Waals surface area contributed by atoms with Gasteiger partial charge in [0.05, 0.1) is 5.56 Å². The Morgan fingerprint density at radius 1 is 1.12 bits per heavy atom. The van der Waals surface area contributed by atoms with Crippen LogP contribution >= 0.6 is 0 Å². The quantitative estimate of drug-likeness (QED) is 0.777. The summed E-state index contributed by atoms with van der Waals surface area (Å²) in [5.41, 5.74) is 3.58. The van der Waals surface area contributed by atoms with E-state index in [0.717, 1.165) is 16.8 Å². The van der Waals surface area contributed by atoms with E-state index in [1.165, 1.54) is 0 Å². The number of hydrogen-bond donors (Lipinski definition) is 0. The average Bonchev–Trinajstić information content (AvgIpc) is 2.66. The standard InChI is InChI=1S/C21H24N2O3/c1-4-23(14-15-9-11-17(12-10-15)22(2)3)20(24)19-13-16-7-5-6-8-18(16)21(25)26-19/h5-12,19H,4,13-14H2,1-3H3. The lowest BCUT2D eigenvalue weighted by molar-refractivity contribution is -0.141. The molecule has 1 atom stereocenters. The predicted octanol–water partition coefficient (Wildman–Crippen LogP) is 2.88. The van der Waals surface area contributed by atoms with E-state index in [1.54, 1.807) is 17.0 Å². The highest BCUT2D eigenvalue weighted by atomic mass is 16.5. The Bertz CT molecular complexity index is 799. The van der Waals surface area contributed by atoms with Crippen molar-refractivity contribution < 1.29 is 14.3 Å². The molecule has 1 amide bonds. The van der Waals surface area contributed by atoms with Gasteiger partial charge in [-0.05, 0) is 36.2 Å². The van der Waals surface area contributed by atoms with Gasteiger partial charge in [-0.15, -0.1) is 0 Å². The number of ether oxygens (including phenoxy) is 1. The zero-order valence-corrected chi connectivity index (χ0v) is 15.4. The van der Waals surface area contributed by atoms with Gasteiger partial charge < -0.3 is 14.5 Å². The minimum atomic E-state index is -0.751. The van der Waals surface area contributed by atoms with Crippen LogP contribution in [0.2, 0.25) is 0 Å². The van der Waals surface area contributed by atoms with E-state index >= 15 is 0 Å². The van der Waals surface area contributed by atoms with Gasteiger partial charge >= 0.3 is 5.97 Å². The molecule has 0 fully saturated rings. The fourth-order valence-corrected chi connectivity index (χ4v) is 3.14. The maximum Gasteiger partial charge on any atom is 0.339 e. The van der Waals surface area contributed by atoms with Crippen LogP contribution in [0.15, 0.2) is 48.5 Å². The van der Waals surface area contributed by atoms with Crippen molar-refractivity contribution in [3.8, 4) is 0 Å². The Morgan fingerprint density at radius 3 is 2.46 bits per heavy atom. The van der Waals surface area contributed by atoms with Crippen molar-refractivity contribution in [3.63, 3.8) is 0 Å². The fourth-order valence-electron chi connectivity index (χ4n) is 3.14. The van der Waals surface area contributed by atoms with Crippen LogP contribution in [0, 0.1) is 0 Å². The van der Waals surface area contributed by atoms with E-state index in [9.17, 15) is 9.59 Å². The van der Waals surface area contributed by atoms with Crippen LogP contribution in [-0.2, 0) is 22.5 Å². The maximum absolute atomic E-state index is 12.9. The third-order valence-electron chi connectivity index (χ3n) is 4.69. The zero-order valence-electron chi connectivity index (χ0n) is 15.4. The Labute approximate surface area is 154 Å². The van der Waals surface area contributed by atoms with Crippen molar-refractivity contribution in [2.45, 2.75) is 26.0 Å². The Morgan fingerprint density at radius 2 is 1.81 bits per heavy atom. The predicted molar refractivity (Wildman–Crippen MR) is 101 cm³/mol. The number of benzene rings is 2. The first-order chi connectivity index (χ1) is 12.5. The van der Waals surface area contributed by atoms with Crippen molar-refractivity contribution in [2.24, 2.45) is 0 Å². The summed E-state index contributed by atoms with van der Waals surface area (Å²) < 4.78 is 5.41. The van der Waals surface area contributed by atoms with Gasteiger partial charge in [-0.1, -0.05) is 30.3 Å². The molecule has 136 valence electrons. The molecule has 0 saturated heterocycles. The van der Waals surface area contributed by atoms with Crippen molar-refractivity contribution in [1.82, 2.24) is 4.90 Å². The van der Waals surface area contributed by atoms with Crippen molar-refractivity contribution >= 4 is 17.6 Å². The summed E-state index contributed by atoms with van der Waals surface area (Å²) in [7, 11) is 3.98. The number of anilines is 1. The van der Waals surface area contributed by atoms with Crippen LogP contribution in [-0.4, -0.2) is 43.5 Å². The maximum atomic E-state index is 12.9. The fraction of sp³-hybridized carbons (Fsp3) is 0.333. The molecule has 2 aromatic rings. The number of amides is 1. The van der Waals surface area contributed by atoms with Crippen LogP contribution in [0.25, 0.3) is 0 Å². The number of fused-ring (bicyclic) bond motifs is 1. The van der Waals surface area contributed by atoms with Gasteiger partial charge in [-0.2, -0.15) is 0 Å². The minimum absolute atomic E-state index is 0.146. The molecule has 5 nitrogen and oxygen atoms in total. The van der Waals surface area contributed by atoms with Gasteiger partial charge in [-0.3, -0.25) is 4.79 Å². The van der Waals surface area contributed by atoms with Crippen molar-refractivity contribution in [3.05, 3.63) is 65.2 Å². The number of likely N-dealkylation sites (N-methyl/N-ethyl adjacent to an activating group) is 1. The monoisotopic (exact) mass is 352 g/mol. The first kappa shape index (κ1) is 18.0. The van der Waals surface area contributed by atoms with Crippen molar-refractivity contribution in [2.75, 3.05) is 25.5 Å². The lowest BCUT2D eigenvalue weighted by atomic mass is 9.98. The van der Waals surface area contributed by atoms with Crippen LogP contribution in [0.4, 0.5) is 5.69 Å². The summed E-state index contributed by atoms with van der Waals surface area (Å²) in [5, 5.41) is 0. The smallest absolute Gasteiger partial charge is 0.339 e. The molecule has 1 unspecified atom stereocenters. The van der Waals surface area contributed by atoms with Crippen LogP contribution in [0.3, 0.4) is 0 Å². The third kappa shape index (κ3) is 3.72. The molecule has 0 radical (unpaired) electrons. The normalized spacial score (nSPS) is 15.8. The average molecular weight is 352 g/mol. The summed E-state index contributed by atoms with van der Waals surface area (Å²) in [5.74, 6) is -0.566. The lowest BCUT2D eigenvalue weighted by Crippen LogP contribution is -2.44. The molecule has 1 aliphatic rings. The second-order valence-electron chi connectivity index (χ2n) is 6.67. The van der Waals surface area contributed by atoms with Crippen LogP contribution in [0.5, 0.6) is 0 Å². The minimum Gasteiger partial charge on any atom is -0.448 e. The second-order valence-corrected chi connectivity index (χ2v) is 6.67. The van der Waals surface area contributed by atoms with Gasteiger partial charge in [0.25, 0.3) is 5.91 Å². The molecule has 1 heterocycles. The van der Waals surface area contributed by atoms with Gasteiger partial charge in [-0.25, -0.2) is 4.79 Å². The van der Waals surface area contributed by atoms with Crippen molar-refractivity contribution in [1.29, 1.82) is 0 Å². The highest BCUT2D eigenvalue weighted by molar-refractivity contribution is 5.95. The second kappa shape index (κ2) is 7.60. The molecule has 0 aromatic heterocycles. The van der Waals surface area contributed by atoms with Gasteiger partial charge in [0.2, 0.25) is 0 Å². The molecular formula is C21H24N2O3. The summed E-state index contributed by atoms with van der Waals surface area (Å²) in [6, 6.07) is 15.4. The SMILES string of the molecule is CCN(Cc1ccc(N(C)C)cc1)C(=O)C1Cc2ccccc2C(=O)O1. The summed E-state index contributed by atoms with van der Waals surface area (Å²) in [4.78, 5) is 28.8. The summed E-state index contributed by atoms with van der Waals surface area (Å²) in [6.45, 7) is 2.99. The van der Waals surface area contributed by atoms with E-state index < -0.39 is 12.1 Å². The van der Waals surface area contributed by atoms with E-state index in [0.29, 0.717) is 25.1 Å². The molecular weight excluding hydrogens is 328 g/mol. The number of carbonyl (C=O) groups is 2. The molecule has 2 aromatic carbocycles. The molecule has 0 N–H and O–H groups in total. The van der Waals surface area contributed by atoms with Crippen LogP contribution in [0.1, 0.15) is 28.4 Å². The van der Waals surface area contributed by atoms with Gasteiger partial charge in [0.1, 0.15) is 0 Å². The topological polar surface area (TPSA) is 49.9 Å². The highest BCUT2D eigenvalue weighted by Gasteiger charge is 2.33. The Kier molecular flexibility index (Phi) is 5.26. The van der Waals surface area contributed by atoms with Gasteiger partial charge in [0, 0.05) is 39.3 Å². The highest BCUT2D eigenvalue weighted by Crippen LogP contribution is 2.22. The number of carbonyl (C=O) groups excluding carboxylic acids is 2. The van der Waals surface area contributed by atoms with Gasteiger partial charge in [0.15, 0.2) is 6.10 Å². The molecule has 0 aliphatic carbocycles. The summed E-state index contributed by atoms with van der Waals surface area (Å²) >= 11 is 0. The Balaban J connectivity index is 1.72. The lowest BCUT2D eigenvalue weighted by Gasteiger charge is -2.29. The summed E-state index contributed by atoms with van der Waals surface area (Å²) in [6.07, 6.45) is -0.324. The van der Waals surface area contributed by atoms with E-state index in [1.807, 2.05) is 62.3 Å².